The van der Waals surface area contributed by atoms with Crippen molar-refractivity contribution < 1.29 is 49.3 Å². The zero-order valence-electron chi connectivity index (χ0n) is 29.1. The van der Waals surface area contributed by atoms with Crippen molar-refractivity contribution in [1.29, 1.82) is 0 Å². The summed E-state index contributed by atoms with van der Waals surface area (Å²) in [5, 5.41) is 54.1. The molecule has 7 aliphatic rings. The maximum absolute atomic E-state index is 12.3. The molecule has 47 heavy (non-hydrogen) atoms. The van der Waals surface area contributed by atoms with Gasteiger partial charge in [0.25, 0.3) is 0 Å². The maximum atomic E-state index is 12.3. The first-order chi connectivity index (χ1) is 21.8. The Kier molecular flexibility index (Phi) is 7.71. The second kappa shape index (κ2) is 10.6. The molecule has 266 valence electrons. The monoisotopic (exact) mass is 663 g/mol. The third kappa shape index (κ3) is 4.42. The lowest BCUT2D eigenvalue weighted by atomic mass is 9.43. The number of carbonyl (C=O) groups excluding carboxylic acids is 1. The molecular formula is C36H57NO10. The van der Waals surface area contributed by atoms with Crippen molar-refractivity contribution in [2.24, 2.45) is 45.1 Å². The molecule has 7 N–H and O–H groups in total. The smallest absolute Gasteiger partial charge is 0.303 e. The molecule has 7 rings (SSSR count). The highest BCUT2D eigenvalue weighted by atomic mass is 16.7. The normalized spacial score (nSPS) is 52.2. The van der Waals surface area contributed by atoms with Gasteiger partial charge < -0.3 is 50.2 Å². The van der Waals surface area contributed by atoms with E-state index in [2.05, 4.69) is 27.7 Å². The number of fused-ring (bicyclic) bond motifs is 3. The molecule has 2 spiro atoms. The molecule has 0 aromatic rings. The van der Waals surface area contributed by atoms with E-state index in [-0.39, 0.29) is 40.8 Å². The first kappa shape index (κ1) is 34.2. The summed E-state index contributed by atoms with van der Waals surface area (Å²) in [5.41, 5.74) is 5.88. The first-order valence-corrected chi connectivity index (χ1v) is 17.9. The van der Waals surface area contributed by atoms with Gasteiger partial charge in [0.2, 0.25) is 0 Å². The molecule has 0 unspecified atom stereocenters. The van der Waals surface area contributed by atoms with Crippen molar-refractivity contribution in [3.8, 4) is 0 Å². The molecule has 2 heterocycles. The maximum Gasteiger partial charge on any atom is 0.303 e. The quantitative estimate of drug-likeness (QED) is 0.188. The Labute approximate surface area is 278 Å². The van der Waals surface area contributed by atoms with E-state index in [4.69, 9.17) is 24.7 Å². The fourth-order valence-corrected chi connectivity index (χ4v) is 12.6. The molecule has 5 aliphatic carbocycles. The van der Waals surface area contributed by atoms with E-state index in [1.54, 1.807) is 13.8 Å². The van der Waals surface area contributed by atoms with Crippen molar-refractivity contribution >= 4 is 5.97 Å². The molecule has 2 aliphatic heterocycles. The second-order valence-electron chi connectivity index (χ2n) is 17.8. The Hall–Kier alpha value is -1.31. The third-order valence-electron chi connectivity index (χ3n) is 14.8. The summed E-state index contributed by atoms with van der Waals surface area (Å²) in [7, 11) is 0. The number of nitrogens with two attached hydrogens (primary N) is 1. The van der Waals surface area contributed by atoms with Crippen LogP contribution in [0.1, 0.15) is 99.8 Å². The van der Waals surface area contributed by atoms with Crippen LogP contribution in [0, 0.1) is 39.4 Å². The minimum Gasteiger partial charge on any atom is -0.488 e. The zero-order valence-corrected chi connectivity index (χ0v) is 29.1. The highest BCUT2D eigenvalue weighted by molar-refractivity contribution is 5.66. The van der Waals surface area contributed by atoms with Crippen LogP contribution in [-0.4, -0.2) is 98.3 Å². The molecular weight excluding hydrogens is 606 g/mol. The standard InChI is InChI=1S/C36H57NO10/c1-17-14-20(29(32(5,6)43)45-18(2)38)46-27-24(17)33(7)12-13-35-16-34(35)11-10-23(47-30-26(41)25(40)19(39)15-44-30)31(3,4)21(34)8-9-22(35)36(33,37)28(27)42/h17,19-23,25-26,28-30,39-43H,8-16,37H2,1-7H3/t17-,19-,20-,21+,22-,23+,25+,26-,28+,29+,30+,33-,34-,35+,36+/m1/s1. The molecule has 5 fully saturated rings. The van der Waals surface area contributed by atoms with Gasteiger partial charge in [0.15, 0.2) is 12.4 Å². The fourth-order valence-electron chi connectivity index (χ4n) is 12.6. The Balaban J connectivity index is 1.15. The first-order valence-electron chi connectivity index (χ1n) is 17.9. The lowest BCUT2D eigenvalue weighted by molar-refractivity contribution is -0.302. The summed E-state index contributed by atoms with van der Waals surface area (Å²) in [6.45, 7) is 13.3. The van der Waals surface area contributed by atoms with Crippen molar-refractivity contribution in [3.05, 3.63) is 11.3 Å². The number of esters is 1. The Bertz CT molecular complexity index is 1330. The number of aliphatic hydroxyl groups excluding tert-OH is 4. The lowest BCUT2D eigenvalue weighted by Crippen LogP contribution is -2.70. The Morgan fingerprint density at radius 3 is 2.32 bits per heavy atom. The topological polar surface area (TPSA) is 181 Å². The molecule has 0 amide bonds. The van der Waals surface area contributed by atoms with Gasteiger partial charge in [-0.05, 0) is 105 Å². The zero-order chi connectivity index (χ0) is 34.3. The van der Waals surface area contributed by atoms with E-state index in [0.717, 1.165) is 50.5 Å². The number of carbonyl (C=O) groups is 1. The van der Waals surface area contributed by atoms with Crippen LogP contribution in [0.5, 0.6) is 0 Å². The van der Waals surface area contributed by atoms with Gasteiger partial charge in [-0.2, -0.15) is 0 Å². The highest BCUT2D eigenvalue weighted by Crippen LogP contribution is 2.87. The number of aliphatic hydroxyl groups is 5. The van der Waals surface area contributed by atoms with Crippen molar-refractivity contribution in [2.75, 3.05) is 6.61 Å². The average molecular weight is 664 g/mol. The van der Waals surface area contributed by atoms with Gasteiger partial charge >= 0.3 is 5.97 Å². The fraction of sp³-hybridized carbons (Fsp3) is 0.917. The molecule has 0 aromatic carbocycles. The summed E-state index contributed by atoms with van der Waals surface area (Å²) < 4.78 is 24.3. The van der Waals surface area contributed by atoms with Crippen LogP contribution < -0.4 is 5.73 Å². The van der Waals surface area contributed by atoms with E-state index in [0.29, 0.717) is 18.1 Å². The van der Waals surface area contributed by atoms with Crippen LogP contribution in [0.3, 0.4) is 0 Å². The van der Waals surface area contributed by atoms with Gasteiger partial charge in [-0.3, -0.25) is 4.79 Å². The van der Waals surface area contributed by atoms with Crippen LogP contribution in [0.4, 0.5) is 0 Å². The van der Waals surface area contributed by atoms with Gasteiger partial charge in [0.05, 0.1) is 23.9 Å². The predicted octanol–water partition coefficient (Wildman–Crippen LogP) is 2.29. The van der Waals surface area contributed by atoms with Crippen molar-refractivity contribution in [3.63, 3.8) is 0 Å². The predicted molar refractivity (Wildman–Crippen MR) is 169 cm³/mol. The third-order valence-corrected chi connectivity index (χ3v) is 14.8. The molecule has 4 saturated carbocycles. The number of rotatable bonds is 5. The highest BCUT2D eigenvalue weighted by Gasteiger charge is 2.84. The van der Waals surface area contributed by atoms with Crippen LogP contribution in [-0.2, 0) is 23.7 Å². The van der Waals surface area contributed by atoms with Gasteiger partial charge in [0, 0.05) is 12.3 Å². The van der Waals surface area contributed by atoms with Gasteiger partial charge in [-0.1, -0.05) is 27.7 Å². The summed E-state index contributed by atoms with van der Waals surface area (Å²) >= 11 is 0. The molecule has 0 radical (unpaired) electrons. The molecule has 0 aromatic heterocycles. The SMILES string of the molecule is CC(=O)O[C@@H]([C@H]1C[C@@H](C)C2=C(O1)[C@H](O)[C@@]1(N)[C@@H]3CC[C@H]4C(C)(C)[C@@H](O[C@@H]5OC[C@@H](O)[C@H](O)[C@H]5O)CC[C@@]45C[C@@]35CC[C@]21C)C(C)(C)O. The van der Waals surface area contributed by atoms with Gasteiger partial charge in [-0.25, -0.2) is 0 Å². The van der Waals surface area contributed by atoms with E-state index >= 15 is 0 Å². The molecule has 0 bridgehead atoms. The van der Waals surface area contributed by atoms with Crippen molar-refractivity contribution in [2.45, 2.75) is 160 Å². The van der Waals surface area contributed by atoms with Crippen molar-refractivity contribution in [1.82, 2.24) is 0 Å². The Morgan fingerprint density at radius 2 is 1.66 bits per heavy atom. The second-order valence-corrected chi connectivity index (χ2v) is 17.8. The number of hydrogen-bond donors (Lipinski definition) is 6. The number of hydrogen-bond acceptors (Lipinski definition) is 11. The van der Waals surface area contributed by atoms with E-state index in [9.17, 15) is 30.3 Å². The van der Waals surface area contributed by atoms with Gasteiger partial charge in [-0.15, -0.1) is 0 Å². The van der Waals surface area contributed by atoms with Crippen LogP contribution in [0.2, 0.25) is 0 Å². The number of ether oxygens (including phenoxy) is 4. The van der Waals surface area contributed by atoms with E-state index in [1.165, 1.54) is 6.92 Å². The van der Waals surface area contributed by atoms with Gasteiger partial charge in [0.1, 0.15) is 36.3 Å². The summed E-state index contributed by atoms with van der Waals surface area (Å²) in [5.74, 6) is 0.495. The van der Waals surface area contributed by atoms with E-state index < -0.39 is 65.4 Å². The molecule has 11 heteroatoms. The lowest BCUT2D eigenvalue weighted by Gasteiger charge is -2.63. The average Bonchev–Trinajstić information content (AvgIpc) is 3.61. The summed E-state index contributed by atoms with van der Waals surface area (Å²) in [6.07, 6.45) is -0.427. The minimum absolute atomic E-state index is 0.000821. The molecule has 15 atom stereocenters. The summed E-state index contributed by atoms with van der Waals surface area (Å²) in [6, 6.07) is 0. The van der Waals surface area contributed by atoms with Crippen LogP contribution in [0.25, 0.3) is 0 Å². The van der Waals surface area contributed by atoms with E-state index in [1.807, 2.05) is 0 Å². The largest absolute Gasteiger partial charge is 0.488 e. The van der Waals surface area contributed by atoms with Crippen LogP contribution in [0.15, 0.2) is 11.3 Å². The minimum atomic E-state index is -1.34. The Morgan fingerprint density at radius 1 is 1.00 bits per heavy atom. The van der Waals surface area contributed by atoms with Crippen LogP contribution >= 0.6 is 0 Å². The molecule has 1 saturated heterocycles. The molecule has 11 nitrogen and oxygen atoms in total. The summed E-state index contributed by atoms with van der Waals surface area (Å²) in [4.78, 5) is 12.0.